The third-order valence-corrected chi connectivity index (χ3v) is 11.5. The maximum Gasteiger partial charge on any atom is 0.192 e. The number of nitrogens with zero attached hydrogens (tertiary/aromatic N) is 2. The maximum atomic E-state index is 15.2. The van der Waals surface area contributed by atoms with E-state index in [0.29, 0.717) is 24.3 Å². The monoisotopic (exact) mass is 408 g/mol. The molecule has 3 rings (SSSR count). The van der Waals surface area contributed by atoms with Gasteiger partial charge in [0.05, 0.1) is 18.4 Å². The van der Waals surface area contributed by atoms with Gasteiger partial charge in [-0.25, -0.2) is 4.39 Å². The molecule has 0 spiro atoms. The molecule has 2 saturated heterocycles. The van der Waals surface area contributed by atoms with Gasteiger partial charge in [-0.15, -0.1) is 0 Å². The molecular weight excluding hydrogens is 371 g/mol. The average molecular weight is 409 g/mol. The van der Waals surface area contributed by atoms with Crippen LogP contribution >= 0.6 is 0 Å². The van der Waals surface area contributed by atoms with E-state index >= 15 is 4.39 Å². The molecule has 2 aliphatic rings. The molecular formula is C22H37FN2O2Si. The van der Waals surface area contributed by atoms with Crippen LogP contribution in [-0.4, -0.2) is 58.7 Å². The Bertz CT molecular complexity index is 663. The lowest BCUT2D eigenvalue weighted by Crippen LogP contribution is -2.58. The second-order valence-electron chi connectivity index (χ2n) is 9.83. The van der Waals surface area contributed by atoms with Crippen LogP contribution in [0.1, 0.15) is 39.2 Å². The molecule has 0 N–H and O–H groups in total. The first-order valence-corrected chi connectivity index (χ1v) is 13.5. The Morgan fingerprint density at radius 3 is 2.36 bits per heavy atom. The van der Waals surface area contributed by atoms with Gasteiger partial charge in [0.1, 0.15) is 0 Å². The molecule has 0 aromatic heterocycles. The summed E-state index contributed by atoms with van der Waals surface area (Å²) < 4.78 is 26.9. The number of piperidine rings is 1. The Balaban J connectivity index is 1.59. The molecule has 0 aliphatic carbocycles. The Labute approximate surface area is 171 Å². The van der Waals surface area contributed by atoms with Crippen LogP contribution in [0.25, 0.3) is 0 Å². The topological polar surface area (TPSA) is 24.9 Å². The summed E-state index contributed by atoms with van der Waals surface area (Å²) in [6.45, 7) is 15.3. The van der Waals surface area contributed by atoms with E-state index in [1.807, 2.05) is 18.2 Å². The molecule has 4 nitrogen and oxygen atoms in total. The molecule has 1 aromatic rings. The normalized spacial score (nSPS) is 20.5. The predicted molar refractivity (Wildman–Crippen MR) is 116 cm³/mol. The summed E-state index contributed by atoms with van der Waals surface area (Å²) in [5, 5.41) is 0.127. The molecule has 0 radical (unpaired) electrons. The fraction of sp³-hybridized carbons (Fsp3) is 0.727. The number of anilines is 1. The van der Waals surface area contributed by atoms with Gasteiger partial charge >= 0.3 is 0 Å². The van der Waals surface area contributed by atoms with Gasteiger partial charge in [0.15, 0.2) is 14.1 Å². The third-order valence-electron chi connectivity index (χ3n) is 6.98. The minimum atomic E-state index is -1.89. The number of hydrogen-bond donors (Lipinski definition) is 0. The molecule has 2 fully saturated rings. The molecule has 0 saturated carbocycles. The first kappa shape index (κ1) is 21.7. The third kappa shape index (κ3) is 4.61. The zero-order chi connectivity index (χ0) is 20.5. The summed E-state index contributed by atoms with van der Waals surface area (Å²) in [6.07, 6.45) is 2.56. The standard InChI is InChI=1S/C22H37FN2O2Si/c1-22(2,3)28(5,6)27-16-17-8-7-9-20(21(17)23)24-12-10-18(11-13-24)25-14-19(15-25)26-4/h7-9,18-19H,10-16H2,1-6H3. The summed E-state index contributed by atoms with van der Waals surface area (Å²) in [6, 6.07) is 6.35. The minimum Gasteiger partial charge on any atom is -0.412 e. The molecule has 2 aliphatic heterocycles. The van der Waals surface area contributed by atoms with Crippen molar-refractivity contribution in [1.29, 1.82) is 0 Å². The molecule has 0 unspecified atom stereocenters. The number of likely N-dealkylation sites (tertiary alicyclic amines) is 1. The summed E-state index contributed by atoms with van der Waals surface area (Å²) in [5.41, 5.74) is 1.41. The average Bonchev–Trinajstić information content (AvgIpc) is 2.60. The van der Waals surface area contributed by atoms with Gasteiger partial charge in [-0.3, -0.25) is 4.90 Å². The molecule has 1 aromatic carbocycles. The van der Waals surface area contributed by atoms with Crippen molar-refractivity contribution in [3.63, 3.8) is 0 Å². The predicted octanol–water partition coefficient (Wildman–Crippen LogP) is 4.65. The van der Waals surface area contributed by atoms with Crippen molar-refractivity contribution in [2.24, 2.45) is 0 Å². The van der Waals surface area contributed by atoms with Crippen LogP contribution in [0.3, 0.4) is 0 Å². The molecule has 2 heterocycles. The summed E-state index contributed by atoms with van der Waals surface area (Å²) >= 11 is 0. The van der Waals surface area contributed by atoms with Crippen LogP contribution in [0.4, 0.5) is 10.1 Å². The Morgan fingerprint density at radius 1 is 1.14 bits per heavy atom. The van der Waals surface area contributed by atoms with Crippen molar-refractivity contribution in [3.05, 3.63) is 29.6 Å². The van der Waals surface area contributed by atoms with Crippen molar-refractivity contribution in [2.75, 3.05) is 38.2 Å². The van der Waals surface area contributed by atoms with Crippen LogP contribution in [0, 0.1) is 5.82 Å². The maximum absolute atomic E-state index is 15.2. The molecule has 6 heteroatoms. The van der Waals surface area contributed by atoms with Crippen molar-refractivity contribution in [3.8, 4) is 0 Å². The largest absolute Gasteiger partial charge is 0.412 e. The van der Waals surface area contributed by atoms with Crippen LogP contribution in [0.15, 0.2) is 18.2 Å². The Morgan fingerprint density at radius 2 is 1.79 bits per heavy atom. The van der Waals surface area contributed by atoms with Gasteiger partial charge in [0, 0.05) is 44.9 Å². The van der Waals surface area contributed by atoms with Gasteiger partial charge in [-0.2, -0.15) is 0 Å². The fourth-order valence-corrected chi connectivity index (χ4v) is 4.73. The summed E-state index contributed by atoms with van der Waals surface area (Å²) in [7, 11) is -0.105. The lowest BCUT2D eigenvalue weighted by Gasteiger charge is -2.46. The Hall–Kier alpha value is -0.953. The van der Waals surface area contributed by atoms with E-state index in [2.05, 4.69) is 43.7 Å². The van der Waals surface area contributed by atoms with Gasteiger partial charge in [-0.05, 0) is 37.0 Å². The van der Waals surface area contributed by atoms with E-state index in [-0.39, 0.29) is 10.9 Å². The van der Waals surface area contributed by atoms with Crippen molar-refractivity contribution < 1.29 is 13.6 Å². The number of hydrogen-bond acceptors (Lipinski definition) is 4. The van der Waals surface area contributed by atoms with E-state index in [1.54, 1.807) is 7.11 Å². The Kier molecular flexibility index (Phi) is 6.54. The number of rotatable bonds is 6. The van der Waals surface area contributed by atoms with Crippen LogP contribution in [0.5, 0.6) is 0 Å². The highest BCUT2D eigenvalue weighted by Gasteiger charge is 2.37. The highest BCUT2D eigenvalue weighted by Crippen LogP contribution is 2.37. The molecule has 28 heavy (non-hydrogen) atoms. The first-order chi connectivity index (χ1) is 13.1. The first-order valence-electron chi connectivity index (χ1n) is 10.6. The van der Waals surface area contributed by atoms with E-state index in [4.69, 9.17) is 9.16 Å². The highest BCUT2D eigenvalue weighted by atomic mass is 28.4. The number of methoxy groups -OCH3 is 1. The van der Waals surface area contributed by atoms with Gasteiger partial charge in [0.2, 0.25) is 0 Å². The minimum absolute atomic E-state index is 0.108. The van der Waals surface area contributed by atoms with Gasteiger partial charge in [-0.1, -0.05) is 32.9 Å². The van der Waals surface area contributed by atoms with Crippen LogP contribution in [-0.2, 0) is 15.8 Å². The zero-order valence-corrected chi connectivity index (χ0v) is 19.4. The van der Waals surface area contributed by atoms with Gasteiger partial charge in [0.25, 0.3) is 0 Å². The number of halogens is 1. The van der Waals surface area contributed by atoms with Gasteiger partial charge < -0.3 is 14.1 Å². The fourth-order valence-electron chi connectivity index (χ4n) is 3.79. The molecule has 0 atom stereocenters. The lowest BCUT2D eigenvalue weighted by atomic mass is 9.98. The quantitative estimate of drug-likeness (QED) is 0.640. The zero-order valence-electron chi connectivity index (χ0n) is 18.4. The van der Waals surface area contributed by atoms with Crippen molar-refractivity contribution >= 4 is 14.0 Å². The smallest absolute Gasteiger partial charge is 0.192 e. The van der Waals surface area contributed by atoms with Crippen LogP contribution < -0.4 is 4.90 Å². The van der Waals surface area contributed by atoms with E-state index in [9.17, 15) is 0 Å². The second-order valence-corrected chi connectivity index (χ2v) is 14.6. The molecule has 158 valence electrons. The van der Waals surface area contributed by atoms with Crippen LogP contribution in [0.2, 0.25) is 18.1 Å². The lowest BCUT2D eigenvalue weighted by molar-refractivity contribution is -0.0547. The second kappa shape index (κ2) is 8.42. The van der Waals surface area contributed by atoms with E-state index < -0.39 is 8.32 Å². The molecule has 0 amide bonds. The summed E-state index contributed by atoms with van der Waals surface area (Å²) in [4.78, 5) is 4.71. The number of ether oxygens (including phenoxy) is 1. The SMILES string of the molecule is COC1CN(C2CCN(c3cccc(CO[Si](C)(C)C(C)(C)C)c3F)CC2)C1. The van der Waals surface area contributed by atoms with Crippen molar-refractivity contribution in [2.45, 2.75) is 70.5 Å². The number of benzene rings is 1. The molecule has 0 bridgehead atoms. The van der Waals surface area contributed by atoms with Crippen molar-refractivity contribution in [1.82, 2.24) is 4.90 Å². The van der Waals surface area contributed by atoms with E-state index in [1.165, 1.54) is 0 Å². The van der Waals surface area contributed by atoms with E-state index in [0.717, 1.165) is 44.7 Å². The summed E-state index contributed by atoms with van der Waals surface area (Å²) in [5.74, 6) is -0.108. The highest BCUT2D eigenvalue weighted by molar-refractivity contribution is 6.74.